The molecule has 0 saturated carbocycles. The van der Waals surface area contributed by atoms with Gasteiger partial charge in [-0.05, 0) is 60.8 Å². The number of benzene rings is 1. The summed E-state index contributed by atoms with van der Waals surface area (Å²) in [6.07, 6.45) is 4.79. The summed E-state index contributed by atoms with van der Waals surface area (Å²) in [5.74, 6) is 0.125. The van der Waals surface area contributed by atoms with Crippen molar-refractivity contribution in [1.29, 1.82) is 5.41 Å². The van der Waals surface area contributed by atoms with E-state index in [4.69, 9.17) is 11.1 Å². The third kappa shape index (κ3) is 6.01. The molecule has 1 unspecified atom stereocenters. The van der Waals surface area contributed by atoms with Crippen LogP contribution in [0.3, 0.4) is 0 Å². The van der Waals surface area contributed by atoms with Crippen LogP contribution in [0.5, 0.6) is 0 Å². The number of carbonyl (C=O) groups excluding carboxylic acids is 1. The second-order valence-corrected chi connectivity index (χ2v) is 8.32. The van der Waals surface area contributed by atoms with Crippen molar-refractivity contribution in [1.82, 2.24) is 4.98 Å². The SMILES string of the molecule is N=C(C=CN)c1cc(C(=O)Nc2ccc(SC(F)(F)F)cc2)cnc1N1CCC(CO)C1. The Balaban J connectivity index is 1.80. The number of nitrogens with one attached hydrogen (secondary N) is 2. The van der Waals surface area contributed by atoms with Gasteiger partial charge in [0.25, 0.3) is 5.91 Å². The highest BCUT2D eigenvalue weighted by Gasteiger charge is 2.29. The molecule has 1 aromatic heterocycles. The van der Waals surface area contributed by atoms with Crippen LogP contribution in [0.1, 0.15) is 22.3 Å². The summed E-state index contributed by atoms with van der Waals surface area (Å²) in [6, 6.07) is 6.83. The van der Waals surface area contributed by atoms with Crippen molar-refractivity contribution in [2.75, 3.05) is 29.9 Å². The van der Waals surface area contributed by atoms with Gasteiger partial charge in [0.05, 0.1) is 11.3 Å². The number of aliphatic hydroxyl groups is 1. The third-order valence-corrected chi connectivity index (χ3v) is 5.61. The van der Waals surface area contributed by atoms with Gasteiger partial charge in [-0.15, -0.1) is 0 Å². The molecule has 11 heteroatoms. The minimum absolute atomic E-state index is 0.0117. The van der Waals surface area contributed by atoms with Crippen molar-refractivity contribution in [3.8, 4) is 0 Å². The van der Waals surface area contributed by atoms with E-state index < -0.39 is 11.4 Å². The number of thioether (sulfide) groups is 1. The van der Waals surface area contributed by atoms with Gasteiger partial charge >= 0.3 is 5.51 Å². The van der Waals surface area contributed by atoms with E-state index in [0.29, 0.717) is 30.2 Å². The second kappa shape index (κ2) is 10.0. The second-order valence-electron chi connectivity index (χ2n) is 7.18. The highest BCUT2D eigenvalue weighted by Crippen LogP contribution is 2.37. The zero-order valence-corrected chi connectivity index (χ0v) is 17.7. The van der Waals surface area contributed by atoms with E-state index in [1.807, 2.05) is 4.90 Å². The van der Waals surface area contributed by atoms with Gasteiger partial charge in [0.15, 0.2) is 0 Å². The fraction of sp³-hybridized carbons (Fsp3) is 0.286. The summed E-state index contributed by atoms with van der Waals surface area (Å²) in [6.45, 7) is 1.31. The van der Waals surface area contributed by atoms with Crippen molar-refractivity contribution in [2.45, 2.75) is 16.8 Å². The van der Waals surface area contributed by atoms with E-state index in [-0.39, 0.29) is 40.5 Å². The molecule has 170 valence electrons. The number of aliphatic hydroxyl groups excluding tert-OH is 1. The number of allylic oxidation sites excluding steroid dienone is 1. The number of carbonyl (C=O) groups is 1. The zero-order valence-electron chi connectivity index (χ0n) is 16.9. The average molecular weight is 466 g/mol. The number of anilines is 2. The van der Waals surface area contributed by atoms with Gasteiger partial charge in [-0.2, -0.15) is 13.2 Å². The minimum Gasteiger partial charge on any atom is -0.405 e. The first kappa shape index (κ1) is 23.6. The molecule has 2 aromatic rings. The number of rotatable bonds is 7. The number of hydrogen-bond donors (Lipinski definition) is 4. The molecule has 1 aliphatic heterocycles. The monoisotopic (exact) mass is 465 g/mol. The van der Waals surface area contributed by atoms with Gasteiger partial charge in [-0.3, -0.25) is 4.79 Å². The molecule has 0 aliphatic carbocycles. The van der Waals surface area contributed by atoms with Crippen LogP contribution in [0.15, 0.2) is 53.7 Å². The molecule has 0 spiro atoms. The maximum absolute atomic E-state index is 12.7. The standard InChI is InChI=1S/C21H22F3N5O2S/c22-21(23,24)32-16-3-1-15(2-4-16)28-20(31)14-9-17(18(26)5-7-25)19(27-10-14)29-8-6-13(11-29)12-30/h1-5,7,9-10,13,26,30H,6,8,11-12,25H2,(H,28,31). The predicted molar refractivity (Wildman–Crippen MR) is 118 cm³/mol. The van der Waals surface area contributed by atoms with Crippen molar-refractivity contribution >= 4 is 34.9 Å². The summed E-state index contributed by atoms with van der Waals surface area (Å²) in [7, 11) is 0. The fourth-order valence-electron chi connectivity index (χ4n) is 3.34. The fourth-order valence-corrected chi connectivity index (χ4v) is 3.87. The van der Waals surface area contributed by atoms with Crippen LogP contribution in [0.4, 0.5) is 24.7 Å². The van der Waals surface area contributed by atoms with Crippen molar-refractivity contribution < 1.29 is 23.1 Å². The van der Waals surface area contributed by atoms with Gasteiger partial charge in [0, 0.05) is 48.0 Å². The Kier molecular flexibility index (Phi) is 7.41. The number of amides is 1. The molecule has 5 N–H and O–H groups in total. The van der Waals surface area contributed by atoms with Gasteiger partial charge in [0.2, 0.25) is 0 Å². The number of nitrogens with two attached hydrogens (primary N) is 1. The molecule has 1 amide bonds. The number of aromatic nitrogens is 1. The van der Waals surface area contributed by atoms with E-state index in [1.54, 1.807) is 0 Å². The molecule has 1 fully saturated rings. The van der Waals surface area contributed by atoms with E-state index in [2.05, 4.69) is 10.3 Å². The molecule has 1 aromatic carbocycles. The lowest BCUT2D eigenvalue weighted by Gasteiger charge is -2.21. The minimum atomic E-state index is -4.39. The molecular weight excluding hydrogens is 443 g/mol. The highest BCUT2D eigenvalue weighted by molar-refractivity contribution is 8.00. The molecule has 0 bridgehead atoms. The Morgan fingerprint density at radius 2 is 2.09 bits per heavy atom. The van der Waals surface area contributed by atoms with Gasteiger partial charge in [0.1, 0.15) is 5.82 Å². The Bertz CT molecular complexity index is 1010. The quantitative estimate of drug-likeness (QED) is 0.367. The smallest absolute Gasteiger partial charge is 0.405 e. The number of halogens is 3. The average Bonchev–Trinajstić information content (AvgIpc) is 3.23. The highest BCUT2D eigenvalue weighted by atomic mass is 32.2. The van der Waals surface area contributed by atoms with Gasteiger partial charge < -0.3 is 26.5 Å². The maximum atomic E-state index is 12.7. The van der Waals surface area contributed by atoms with Crippen LogP contribution in [0.2, 0.25) is 0 Å². The Morgan fingerprint density at radius 1 is 1.38 bits per heavy atom. The lowest BCUT2D eigenvalue weighted by Crippen LogP contribution is -2.25. The lowest BCUT2D eigenvalue weighted by molar-refractivity contribution is -0.0328. The number of nitrogens with zero attached hydrogens (tertiary/aromatic N) is 2. The molecule has 3 rings (SSSR count). The Hall–Kier alpha value is -3.05. The van der Waals surface area contributed by atoms with Crippen LogP contribution in [0.25, 0.3) is 0 Å². The van der Waals surface area contributed by atoms with Crippen LogP contribution in [-0.4, -0.2) is 46.9 Å². The van der Waals surface area contributed by atoms with Crippen LogP contribution in [0, 0.1) is 11.3 Å². The topological polar surface area (TPSA) is 115 Å². The summed E-state index contributed by atoms with van der Waals surface area (Å²) >= 11 is -0.233. The Morgan fingerprint density at radius 3 is 2.69 bits per heavy atom. The van der Waals surface area contributed by atoms with Gasteiger partial charge in [-0.25, -0.2) is 4.98 Å². The van der Waals surface area contributed by atoms with Crippen molar-refractivity contribution in [3.05, 3.63) is 59.9 Å². The van der Waals surface area contributed by atoms with E-state index >= 15 is 0 Å². The van der Waals surface area contributed by atoms with Gasteiger partial charge in [-0.1, -0.05) is 0 Å². The van der Waals surface area contributed by atoms with Crippen molar-refractivity contribution in [2.24, 2.45) is 11.7 Å². The van der Waals surface area contributed by atoms with Crippen LogP contribution in [-0.2, 0) is 0 Å². The largest absolute Gasteiger partial charge is 0.446 e. The summed E-state index contributed by atoms with van der Waals surface area (Å²) in [4.78, 5) is 19.0. The normalized spacial score (nSPS) is 16.5. The molecule has 7 nitrogen and oxygen atoms in total. The molecular formula is C21H22F3N5O2S. The summed E-state index contributed by atoms with van der Waals surface area (Å²) in [5.41, 5.74) is 2.04. The third-order valence-electron chi connectivity index (χ3n) is 4.87. The first-order valence-corrected chi connectivity index (χ1v) is 10.5. The number of pyridine rings is 1. The lowest BCUT2D eigenvalue weighted by atomic mass is 10.1. The predicted octanol–water partition coefficient (Wildman–Crippen LogP) is 3.60. The van der Waals surface area contributed by atoms with Crippen molar-refractivity contribution in [3.63, 3.8) is 0 Å². The summed E-state index contributed by atoms with van der Waals surface area (Å²) in [5, 5.41) is 20.3. The van der Waals surface area contributed by atoms with E-state index in [1.165, 1.54) is 48.8 Å². The molecule has 1 atom stereocenters. The van der Waals surface area contributed by atoms with Crippen LogP contribution >= 0.6 is 11.8 Å². The number of alkyl halides is 3. The van der Waals surface area contributed by atoms with E-state index in [9.17, 15) is 23.1 Å². The first-order chi connectivity index (χ1) is 15.2. The molecule has 2 heterocycles. The van der Waals surface area contributed by atoms with E-state index in [0.717, 1.165) is 6.42 Å². The molecule has 1 aliphatic rings. The number of hydrogen-bond acceptors (Lipinski definition) is 7. The molecule has 1 saturated heterocycles. The Labute approximate surface area is 187 Å². The molecule has 32 heavy (non-hydrogen) atoms. The van der Waals surface area contributed by atoms with Crippen LogP contribution < -0.4 is 16.0 Å². The summed E-state index contributed by atoms with van der Waals surface area (Å²) < 4.78 is 37.4. The maximum Gasteiger partial charge on any atom is 0.446 e. The molecule has 0 radical (unpaired) electrons. The first-order valence-electron chi connectivity index (χ1n) is 9.70. The zero-order chi connectivity index (χ0) is 23.3.